The van der Waals surface area contributed by atoms with Crippen molar-refractivity contribution in [3.8, 4) is 0 Å². The van der Waals surface area contributed by atoms with Gasteiger partial charge in [0.2, 0.25) is 0 Å². The first kappa shape index (κ1) is 14.7. The largest absolute Gasteiger partial charge is 0.512 e. The van der Waals surface area contributed by atoms with Gasteiger partial charge in [0.1, 0.15) is 0 Å². The predicted molar refractivity (Wildman–Crippen MR) is 70.9 cm³/mol. The van der Waals surface area contributed by atoms with E-state index in [2.05, 4.69) is 17.7 Å². The van der Waals surface area contributed by atoms with E-state index in [1.165, 1.54) is 24.8 Å². The molecule has 1 aliphatic carbocycles. The Morgan fingerprint density at radius 2 is 2.22 bits per heavy atom. The van der Waals surface area contributed by atoms with Gasteiger partial charge in [-0.2, -0.15) is 0 Å². The van der Waals surface area contributed by atoms with Crippen molar-refractivity contribution < 1.29 is 14.6 Å². The van der Waals surface area contributed by atoms with Crippen LogP contribution in [-0.4, -0.2) is 17.2 Å². The fourth-order valence-electron chi connectivity index (χ4n) is 2.19. The minimum atomic E-state index is -1.40. The molecule has 4 nitrogen and oxygen atoms in total. The molecule has 1 aliphatic rings. The molecule has 1 rings (SSSR count). The zero-order valence-electron chi connectivity index (χ0n) is 11.2. The van der Waals surface area contributed by atoms with Gasteiger partial charge >= 0.3 is 6.16 Å². The molecule has 0 saturated heterocycles. The molecule has 0 aromatic rings. The van der Waals surface area contributed by atoms with Gasteiger partial charge in [-0.05, 0) is 44.4 Å². The third-order valence-electron chi connectivity index (χ3n) is 3.62. The van der Waals surface area contributed by atoms with Gasteiger partial charge in [-0.15, -0.1) is 0 Å². The van der Waals surface area contributed by atoms with Crippen LogP contribution in [0.25, 0.3) is 0 Å². The molecule has 102 valence electrons. The highest BCUT2D eigenvalue weighted by atomic mass is 16.7. The van der Waals surface area contributed by atoms with E-state index in [0.717, 1.165) is 18.8 Å². The molecular formula is C14H23NO3. The van der Waals surface area contributed by atoms with Crippen molar-refractivity contribution >= 4 is 12.1 Å². The summed E-state index contributed by atoms with van der Waals surface area (Å²) in [6.45, 7) is 4.22. The summed E-state index contributed by atoms with van der Waals surface area (Å²) in [6, 6.07) is 0. The van der Waals surface area contributed by atoms with Crippen molar-refractivity contribution in [1.29, 1.82) is 5.41 Å². The molecule has 2 N–H and O–H groups in total. The van der Waals surface area contributed by atoms with Crippen molar-refractivity contribution in [2.75, 3.05) is 0 Å². The molecule has 0 aromatic carbocycles. The van der Waals surface area contributed by atoms with Gasteiger partial charge in [0.05, 0.1) is 0 Å². The fraction of sp³-hybridized carbons (Fsp3) is 0.714. The maximum absolute atomic E-state index is 10.2. The number of hydrogen-bond acceptors (Lipinski definition) is 3. The van der Waals surface area contributed by atoms with Gasteiger partial charge in [0, 0.05) is 6.42 Å². The topological polar surface area (TPSA) is 70.4 Å². The number of rotatable bonds is 6. The second kappa shape index (κ2) is 7.19. The summed E-state index contributed by atoms with van der Waals surface area (Å²) in [4.78, 5) is 10.2. The summed E-state index contributed by atoms with van der Waals surface area (Å²) in [5.74, 6) is 0.922. The SMILES string of the molecule is C/C(=C\CCC(C)CC(=N)OC(=O)O)C1CCC1. The lowest BCUT2D eigenvalue weighted by atomic mass is 9.80. The van der Waals surface area contributed by atoms with E-state index in [1.54, 1.807) is 0 Å². The average molecular weight is 253 g/mol. The van der Waals surface area contributed by atoms with E-state index >= 15 is 0 Å². The van der Waals surface area contributed by atoms with Gasteiger partial charge in [-0.25, -0.2) is 4.79 Å². The maximum Gasteiger partial charge on any atom is 0.512 e. The molecule has 0 radical (unpaired) electrons. The minimum absolute atomic E-state index is 0.158. The van der Waals surface area contributed by atoms with Gasteiger partial charge in [-0.3, -0.25) is 5.41 Å². The predicted octanol–water partition coefficient (Wildman–Crippen LogP) is 4.21. The van der Waals surface area contributed by atoms with Crippen molar-refractivity contribution in [2.45, 2.75) is 52.4 Å². The first-order valence-corrected chi connectivity index (χ1v) is 6.64. The monoisotopic (exact) mass is 253 g/mol. The van der Waals surface area contributed by atoms with Crippen LogP contribution in [0.5, 0.6) is 0 Å². The van der Waals surface area contributed by atoms with Crippen molar-refractivity contribution in [3.05, 3.63) is 11.6 Å². The smallest absolute Gasteiger partial charge is 0.449 e. The molecular weight excluding hydrogens is 230 g/mol. The zero-order valence-corrected chi connectivity index (χ0v) is 11.2. The molecule has 4 heteroatoms. The molecule has 1 unspecified atom stereocenters. The quantitative estimate of drug-likeness (QED) is 0.322. The van der Waals surface area contributed by atoms with Crippen LogP contribution in [0.15, 0.2) is 11.6 Å². The van der Waals surface area contributed by atoms with Crippen molar-refractivity contribution in [1.82, 2.24) is 0 Å². The summed E-state index contributed by atoms with van der Waals surface area (Å²) < 4.78 is 4.30. The molecule has 1 saturated carbocycles. The second-order valence-corrected chi connectivity index (χ2v) is 5.25. The number of allylic oxidation sites excluding steroid dienone is 2. The third-order valence-corrected chi connectivity index (χ3v) is 3.62. The van der Waals surface area contributed by atoms with E-state index in [9.17, 15) is 4.79 Å². The lowest BCUT2D eigenvalue weighted by Gasteiger charge is -2.26. The van der Waals surface area contributed by atoms with Gasteiger partial charge in [0.15, 0.2) is 5.90 Å². The molecule has 0 heterocycles. The van der Waals surface area contributed by atoms with Crippen LogP contribution in [0.2, 0.25) is 0 Å². The van der Waals surface area contributed by atoms with Crippen LogP contribution in [0.4, 0.5) is 4.79 Å². The lowest BCUT2D eigenvalue weighted by molar-refractivity contribution is 0.138. The Kier molecular flexibility index (Phi) is 5.89. The van der Waals surface area contributed by atoms with Crippen LogP contribution < -0.4 is 0 Å². The number of carboxylic acid groups (broad SMARTS) is 1. The van der Waals surface area contributed by atoms with Crippen LogP contribution in [0.3, 0.4) is 0 Å². The molecule has 1 fully saturated rings. The van der Waals surface area contributed by atoms with E-state index in [-0.39, 0.29) is 11.8 Å². The Hall–Kier alpha value is -1.32. The summed E-state index contributed by atoms with van der Waals surface area (Å²) >= 11 is 0. The highest BCUT2D eigenvalue weighted by Gasteiger charge is 2.18. The van der Waals surface area contributed by atoms with Gasteiger partial charge in [0.25, 0.3) is 0 Å². The molecule has 0 amide bonds. The summed E-state index contributed by atoms with van der Waals surface area (Å²) in [6.07, 6.45) is 7.27. The lowest BCUT2D eigenvalue weighted by Crippen LogP contribution is -2.13. The van der Waals surface area contributed by atoms with E-state index in [1.807, 2.05) is 6.92 Å². The van der Waals surface area contributed by atoms with Crippen molar-refractivity contribution in [3.63, 3.8) is 0 Å². The first-order chi connectivity index (χ1) is 8.49. The molecule has 1 atom stereocenters. The Morgan fingerprint density at radius 3 is 2.72 bits per heavy atom. The van der Waals surface area contributed by atoms with Crippen molar-refractivity contribution in [2.24, 2.45) is 11.8 Å². The fourth-order valence-corrected chi connectivity index (χ4v) is 2.19. The highest BCUT2D eigenvalue weighted by molar-refractivity contribution is 5.82. The van der Waals surface area contributed by atoms with Crippen LogP contribution in [-0.2, 0) is 4.74 Å². The number of ether oxygens (including phenoxy) is 1. The minimum Gasteiger partial charge on any atom is -0.449 e. The highest BCUT2D eigenvalue weighted by Crippen LogP contribution is 2.33. The van der Waals surface area contributed by atoms with E-state index in [0.29, 0.717) is 6.42 Å². The Balaban J connectivity index is 2.18. The molecule has 0 aromatic heterocycles. The maximum atomic E-state index is 10.2. The first-order valence-electron chi connectivity index (χ1n) is 6.64. The number of hydrogen-bond donors (Lipinski definition) is 2. The number of carbonyl (C=O) groups is 1. The third kappa shape index (κ3) is 5.34. The van der Waals surface area contributed by atoms with E-state index < -0.39 is 6.16 Å². The molecule has 18 heavy (non-hydrogen) atoms. The van der Waals surface area contributed by atoms with Crippen LogP contribution in [0.1, 0.15) is 52.4 Å². The second-order valence-electron chi connectivity index (χ2n) is 5.25. The van der Waals surface area contributed by atoms with Gasteiger partial charge in [-0.1, -0.05) is 25.0 Å². The molecule has 0 spiro atoms. The van der Waals surface area contributed by atoms with Gasteiger partial charge < -0.3 is 9.84 Å². The Bertz CT molecular complexity index is 332. The molecule has 0 bridgehead atoms. The Labute approximate surface area is 109 Å². The summed E-state index contributed by atoms with van der Waals surface area (Å²) in [5, 5.41) is 15.7. The normalized spacial score (nSPS) is 18.0. The average Bonchev–Trinajstić information content (AvgIpc) is 2.12. The molecule has 0 aliphatic heterocycles. The van der Waals surface area contributed by atoms with E-state index in [4.69, 9.17) is 10.5 Å². The summed E-state index contributed by atoms with van der Waals surface area (Å²) in [5.41, 5.74) is 1.49. The van der Waals surface area contributed by atoms with Crippen LogP contribution >= 0.6 is 0 Å². The Morgan fingerprint density at radius 1 is 1.56 bits per heavy atom. The summed E-state index contributed by atoms with van der Waals surface area (Å²) in [7, 11) is 0. The number of nitrogens with one attached hydrogen (secondary N) is 1. The standard InChI is InChI=1S/C14H23NO3/c1-10(9-13(15)18-14(16)17)5-3-6-11(2)12-7-4-8-12/h6,10,12,15H,3-5,7-9H2,1-2H3,(H,16,17)/b11-6+,15-13?. The van der Waals surface area contributed by atoms with Crippen LogP contribution in [0, 0.1) is 17.2 Å². The zero-order chi connectivity index (χ0) is 13.5.